The molecule has 190 valence electrons. The molecule has 0 spiro atoms. The number of halogens is 1. The van der Waals surface area contributed by atoms with Crippen molar-refractivity contribution in [2.24, 2.45) is 0 Å². The number of nitrogens with zero attached hydrogens (tertiary/aromatic N) is 2. The maximum Gasteiger partial charge on any atom is 0.264 e. The summed E-state index contributed by atoms with van der Waals surface area (Å²) in [5.74, 6) is -0.858. The Labute approximate surface area is 217 Å². The lowest BCUT2D eigenvalue weighted by Gasteiger charge is -2.32. The van der Waals surface area contributed by atoms with Crippen molar-refractivity contribution in [2.45, 2.75) is 38.3 Å². The molecule has 1 unspecified atom stereocenters. The number of benzene rings is 3. The number of hydrogen-bond acceptors (Lipinski definition) is 4. The Morgan fingerprint density at radius 3 is 2.28 bits per heavy atom. The van der Waals surface area contributed by atoms with E-state index in [-0.39, 0.29) is 28.1 Å². The van der Waals surface area contributed by atoms with Crippen LogP contribution in [0.15, 0.2) is 83.8 Å². The zero-order chi connectivity index (χ0) is 26.3. The van der Waals surface area contributed by atoms with Crippen molar-refractivity contribution < 1.29 is 18.0 Å². The number of carbonyl (C=O) groups is 2. The lowest BCUT2D eigenvalue weighted by atomic mass is 10.1. The Hall–Kier alpha value is -3.36. The van der Waals surface area contributed by atoms with Crippen LogP contribution < -0.4 is 9.62 Å². The van der Waals surface area contributed by atoms with Gasteiger partial charge in [0.1, 0.15) is 12.6 Å². The minimum absolute atomic E-state index is 0.0275. The highest BCUT2D eigenvalue weighted by atomic mass is 35.5. The van der Waals surface area contributed by atoms with Crippen LogP contribution in [0.3, 0.4) is 0 Å². The van der Waals surface area contributed by atoms with Crippen LogP contribution in [0.1, 0.15) is 25.0 Å². The van der Waals surface area contributed by atoms with E-state index in [1.54, 1.807) is 56.3 Å². The fraction of sp³-hybridized carbons (Fsp3) is 0.259. The van der Waals surface area contributed by atoms with E-state index in [0.717, 1.165) is 15.4 Å². The molecule has 36 heavy (non-hydrogen) atoms. The number of para-hydroxylation sites is 1. The monoisotopic (exact) mass is 527 g/mol. The van der Waals surface area contributed by atoms with E-state index < -0.39 is 28.5 Å². The van der Waals surface area contributed by atoms with Crippen LogP contribution in [-0.2, 0) is 26.2 Å². The summed E-state index contributed by atoms with van der Waals surface area (Å²) in [6.07, 6.45) is 0. The minimum atomic E-state index is -4.14. The molecule has 3 aromatic carbocycles. The second kappa shape index (κ2) is 12.1. The van der Waals surface area contributed by atoms with Gasteiger partial charge < -0.3 is 10.2 Å². The predicted molar refractivity (Wildman–Crippen MR) is 142 cm³/mol. The maximum absolute atomic E-state index is 13.8. The third-order valence-electron chi connectivity index (χ3n) is 5.68. The van der Waals surface area contributed by atoms with Gasteiger partial charge in [-0.2, -0.15) is 0 Å². The summed E-state index contributed by atoms with van der Waals surface area (Å²) in [5, 5.41) is 2.93. The lowest BCUT2D eigenvalue weighted by Crippen LogP contribution is -2.51. The number of sulfonamides is 1. The first-order valence-corrected chi connectivity index (χ1v) is 13.4. The first-order valence-electron chi connectivity index (χ1n) is 11.6. The fourth-order valence-electron chi connectivity index (χ4n) is 3.80. The van der Waals surface area contributed by atoms with E-state index in [1.807, 2.05) is 31.2 Å². The summed E-state index contributed by atoms with van der Waals surface area (Å²) in [5.41, 5.74) is 2.02. The molecule has 3 rings (SSSR count). The molecule has 3 aromatic rings. The van der Waals surface area contributed by atoms with Crippen LogP contribution in [0.2, 0.25) is 5.02 Å². The number of amides is 2. The molecule has 1 N–H and O–H groups in total. The standard InChI is InChI=1S/C27H30ClN3O4S/c1-4-29-27(33)21(3)30(18-22-12-10-11-20(2)17-22)26(32)19-31(25-16-9-8-15-24(25)28)36(34,35)23-13-6-5-7-14-23/h5-17,21H,4,18-19H2,1-3H3,(H,29,33). The topological polar surface area (TPSA) is 86.8 Å². The highest BCUT2D eigenvalue weighted by Gasteiger charge is 2.33. The highest BCUT2D eigenvalue weighted by Crippen LogP contribution is 2.30. The molecule has 0 aromatic heterocycles. The number of anilines is 1. The van der Waals surface area contributed by atoms with E-state index >= 15 is 0 Å². The number of aryl methyl sites for hydroxylation is 1. The molecular weight excluding hydrogens is 498 g/mol. The lowest BCUT2D eigenvalue weighted by molar-refractivity contribution is -0.139. The molecule has 9 heteroatoms. The zero-order valence-corrected chi connectivity index (χ0v) is 22.1. The van der Waals surface area contributed by atoms with Crippen LogP contribution in [0.25, 0.3) is 0 Å². The van der Waals surface area contributed by atoms with E-state index in [2.05, 4.69) is 5.32 Å². The van der Waals surface area contributed by atoms with Gasteiger partial charge in [0.15, 0.2) is 0 Å². The number of rotatable bonds is 10. The van der Waals surface area contributed by atoms with Crippen molar-refractivity contribution >= 4 is 39.1 Å². The zero-order valence-electron chi connectivity index (χ0n) is 20.5. The van der Waals surface area contributed by atoms with Crippen molar-refractivity contribution in [3.8, 4) is 0 Å². The number of hydrogen-bond donors (Lipinski definition) is 1. The number of nitrogens with one attached hydrogen (secondary N) is 1. The van der Waals surface area contributed by atoms with Gasteiger partial charge in [0, 0.05) is 13.1 Å². The molecule has 0 heterocycles. The van der Waals surface area contributed by atoms with Gasteiger partial charge in [-0.15, -0.1) is 0 Å². The third-order valence-corrected chi connectivity index (χ3v) is 7.78. The summed E-state index contributed by atoms with van der Waals surface area (Å²) < 4.78 is 28.3. The van der Waals surface area contributed by atoms with Gasteiger partial charge in [-0.3, -0.25) is 13.9 Å². The maximum atomic E-state index is 13.8. The van der Waals surface area contributed by atoms with Gasteiger partial charge in [0.05, 0.1) is 15.6 Å². The molecule has 0 saturated heterocycles. The fourth-order valence-corrected chi connectivity index (χ4v) is 5.54. The van der Waals surface area contributed by atoms with E-state index in [9.17, 15) is 18.0 Å². The summed E-state index contributed by atoms with van der Waals surface area (Å²) >= 11 is 6.38. The summed E-state index contributed by atoms with van der Waals surface area (Å²) in [6, 6.07) is 21.1. The van der Waals surface area contributed by atoms with Gasteiger partial charge >= 0.3 is 0 Å². The molecule has 1 atom stereocenters. The molecule has 0 aliphatic heterocycles. The number of carbonyl (C=O) groups excluding carboxylic acids is 2. The van der Waals surface area contributed by atoms with Crippen LogP contribution in [-0.4, -0.2) is 44.3 Å². The van der Waals surface area contributed by atoms with Gasteiger partial charge in [-0.1, -0.05) is 71.8 Å². The first kappa shape index (κ1) is 27.2. The van der Waals surface area contributed by atoms with Crippen molar-refractivity contribution in [3.05, 3.63) is 95.0 Å². The molecule has 7 nitrogen and oxygen atoms in total. The van der Waals surface area contributed by atoms with Crippen molar-refractivity contribution in [2.75, 3.05) is 17.4 Å². The Balaban J connectivity index is 2.03. The Morgan fingerprint density at radius 2 is 1.64 bits per heavy atom. The largest absolute Gasteiger partial charge is 0.355 e. The van der Waals surface area contributed by atoms with E-state index in [4.69, 9.17) is 11.6 Å². The Morgan fingerprint density at radius 1 is 0.972 bits per heavy atom. The van der Waals surface area contributed by atoms with Gasteiger partial charge in [0.25, 0.3) is 10.0 Å². The normalized spacial score (nSPS) is 12.0. The highest BCUT2D eigenvalue weighted by molar-refractivity contribution is 7.92. The van der Waals surface area contributed by atoms with Crippen LogP contribution >= 0.6 is 11.6 Å². The van der Waals surface area contributed by atoms with Gasteiger partial charge in [-0.25, -0.2) is 8.42 Å². The molecule has 0 saturated carbocycles. The molecule has 0 aliphatic rings. The molecule has 0 bridgehead atoms. The number of likely N-dealkylation sites (N-methyl/N-ethyl adjacent to an activating group) is 1. The van der Waals surface area contributed by atoms with Gasteiger partial charge in [-0.05, 0) is 50.6 Å². The molecule has 0 radical (unpaired) electrons. The second-order valence-corrected chi connectivity index (χ2v) is 10.6. The van der Waals surface area contributed by atoms with Crippen molar-refractivity contribution in [1.29, 1.82) is 0 Å². The van der Waals surface area contributed by atoms with Crippen molar-refractivity contribution in [3.63, 3.8) is 0 Å². The molecule has 0 fully saturated rings. The molecule has 2 amide bonds. The second-order valence-electron chi connectivity index (χ2n) is 8.36. The van der Waals surface area contributed by atoms with E-state index in [0.29, 0.717) is 6.54 Å². The average Bonchev–Trinajstić information content (AvgIpc) is 2.86. The Kier molecular flexibility index (Phi) is 9.12. The summed E-state index contributed by atoms with van der Waals surface area (Å²) in [4.78, 5) is 27.9. The van der Waals surface area contributed by atoms with E-state index in [1.165, 1.54) is 17.0 Å². The van der Waals surface area contributed by atoms with Crippen molar-refractivity contribution in [1.82, 2.24) is 10.2 Å². The molecule has 0 aliphatic carbocycles. The van der Waals surface area contributed by atoms with Crippen LogP contribution in [0.4, 0.5) is 5.69 Å². The summed E-state index contributed by atoms with van der Waals surface area (Å²) in [6.45, 7) is 5.38. The SMILES string of the molecule is CCNC(=O)C(C)N(Cc1cccc(C)c1)C(=O)CN(c1ccccc1Cl)S(=O)(=O)c1ccccc1. The Bertz CT molecular complexity index is 1320. The third kappa shape index (κ3) is 6.44. The minimum Gasteiger partial charge on any atom is -0.355 e. The summed E-state index contributed by atoms with van der Waals surface area (Å²) in [7, 11) is -4.14. The smallest absolute Gasteiger partial charge is 0.264 e. The van der Waals surface area contributed by atoms with Gasteiger partial charge in [0.2, 0.25) is 11.8 Å². The first-order chi connectivity index (χ1) is 17.1. The predicted octanol–water partition coefficient (Wildman–Crippen LogP) is 4.40. The van der Waals surface area contributed by atoms with Crippen LogP contribution in [0.5, 0.6) is 0 Å². The average molecular weight is 528 g/mol. The van der Waals surface area contributed by atoms with Crippen LogP contribution in [0, 0.1) is 6.92 Å². The quantitative estimate of drug-likeness (QED) is 0.423. The molecular formula is C27H30ClN3O4S.